The van der Waals surface area contributed by atoms with E-state index in [0.717, 1.165) is 0 Å². The first-order valence-electron chi connectivity index (χ1n) is 5.99. The van der Waals surface area contributed by atoms with Crippen LogP contribution in [0.4, 0.5) is 15.8 Å². The van der Waals surface area contributed by atoms with Gasteiger partial charge in [-0.25, -0.2) is 4.39 Å². The number of benzene rings is 2. The number of hydrogen-bond donors (Lipinski definition) is 2. The van der Waals surface area contributed by atoms with E-state index in [0.29, 0.717) is 16.9 Å². The number of anilines is 2. The van der Waals surface area contributed by atoms with Crippen molar-refractivity contribution in [2.45, 2.75) is 6.92 Å². The average molecular weight is 272 g/mol. The summed E-state index contributed by atoms with van der Waals surface area (Å²) >= 11 is 0. The number of rotatable bonds is 3. The lowest BCUT2D eigenvalue weighted by molar-refractivity contribution is -0.114. The highest BCUT2D eigenvalue weighted by atomic mass is 19.1. The van der Waals surface area contributed by atoms with Gasteiger partial charge < -0.3 is 10.6 Å². The van der Waals surface area contributed by atoms with Gasteiger partial charge in [0, 0.05) is 23.9 Å². The topological polar surface area (TPSA) is 58.2 Å². The average Bonchev–Trinajstić information content (AvgIpc) is 2.38. The Morgan fingerprint density at radius 2 is 1.65 bits per heavy atom. The van der Waals surface area contributed by atoms with Gasteiger partial charge in [-0.05, 0) is 42.5 Å². The number of hydrogen-bond acceptors (Lipinski definition) is 2. The van der Waals surface area contributed by atoms with Gasteiger partial charge in [0.15, 0.2) is 0 Å². The Balaban J connectivity index is 2.07. The fourth-order valence-electron chi connectivity index (χ4n) is 1.68. The molecule has 0 aromatic heterocycles. The van der Waals surface area contributed by atoms with Crippen LogP contribution in [0.5, 0.6) is 0 Å². The maximum atomic E-state index is 13.0. The summed E-state index contributed by atoms with van der Waals surface area (Å²) < 4.78 is 13.0. The van der Waals surface area contributed by atoms with E-state index in [1.165, 1.54) is 25.1 Å². The molecule has 0 fully saturated rings. The summed E-state index contributed by atoms with van der Waals surface area (Å²) in [5.41, 5.74) is 1.42. The van der Waals surface area contributed by atoms with Gasteiger partial charge in [0.1, 0.15) is 5.82 Å². The molecule has 4 nitrogen and oxygen atoms in total. The molecule has 0 radical (unpaired) electrons. The van der Waals surface area contributed by atoms with E-state index in [-0.39, 0.29) is 11.8 Å². The van der Waals surface area contributed by atoms with E-state index in [2.05, 4.69) is 10.6 Å². The summed E-state index contributed by atoms with van der Waals surface area (Å²) in [5, 5.41) is 5.20. The second kappa shape index (κ2) is 5.97. The van der Waals surface area contributed by atoms with E-state index in [4.69, 9.17) is 0 Å². The normalized spacial score (nSPS) is 9.90. The first-order valence-corrected chi connectivity index (χ1v) is 5.99. The lowest BCUT2D eigenvalue weighted by atomic mass is 10.2. The molecule has 5 heteroatoms. The van der Waals surface area contributed by atoms with Crippen LogP contribution in [0.1, 0.15) is 17.3 Å². The quantitative estimate of drug-likeness (QED) is 0.902. The Labute approximate surface area is 115 Å². The summed E-state index contributed by atoms with van der Waals surface area (Å²) in [6.45, 7) is 1.41. The zero-order valence-electron chi connectivity index (χ0n) is 10.8. The number of carbonyl (C=O) groups excluding carboxylic acids is 2. The monoisotopic (exact) mass is 272 g/mol. The van der Waals surface area contributed by atoms with E-state index in [1.807, 2.05) is 0 Å². The maximum absolute atomic E-state index is 13.0. The largest absolute Gasteiger partial charge is 0.326 e. The zero-order chi connectivity index (χ0) is 14.5. The highest BCUT2D eigenvalue weighted by molar-refractivity contribution is 6.04. The van der Waals surface area contributed by atoms with Crippen LogP contribution in [0, 0.1) is 5.82 Å². The molecule has 0 saturated carbocycles. The summed E-state index contributed by atoms with van der Waals surface area (Å²) in [5.74, 6) is -0.934. The van der Waals surface area contributed by atoms with Crippen LogP contribution < -0.4 is 10.6 Å². The van der Waals surface area contributed by atoms with E-state index < -0.39 is 5.82 Å². The van der Waals surface area contributed by atoms with Crippen LogP contribution in [0.15, 0.2) is 48.5 Å². The Kier molecular flexibility index (Phi) is 4.10. The first-order chi connectivity index (χ1) is 9.54. The first kappa shape index (κ1) is 13.7. The molecule has 20 heavy (non-hydrogen) atoms. The molecule has 0 aliphatic rings. The van der Waals surface area contributed by atoms with Crippen molar-refractivity contribution in [1.82, 2.24) is 0 Å². The zero-order valence-corrected chi connectivity index (χ0v) is 10.8. The van der Waals surface area contributed by atoms with Crippen LogP contribution in [-0.2, 0) is 4.79 Å². The fourth-order valence-corrected chi connectivity index (χ4v) is 1.68. The molecular formula is C15H13FN2O2. The molecule has 2 aromatic carbocycles. The van der Waals surface area contributed by atoms with Gasteiger partial charge in [0.25, 0.3) is 5.91 Å². The molecule has 0 spiro atoms. The molecular weight excluding hydrogens is 259 g/mol. The Bertz CT molecular complexity index is 639. The van der Waals surface area contributed by atoms with Crippen molar-refractivity contribution in [2.75, 3.05) is 10.6 Å². The predicted octanol–water partition coefficient (Wildman–Crippen LogP) is 3.04. The Morgan fingerprint density at radius 1 is 0.950 bits per heavy atom. The SMILES string of the molecule is CC(=O)Nc1ccc(C(=O)Nc2cccc(F)c2)cc1. The molecule has 102 valence electrons. The van der Waals surface area contributed by atoms with Crippen LogP contribution in [-0.4, -0.2) is 11.8 Å². The van der Waals surface area contributed by atoms with Gasteiger partial charge in [-0.15, -0.1) is 0 Å². The number of amides is 2. The van der Waals surface area contributed by atoms with Crippen molar-refractivity contribution in [3.63, 3.8) is 0 Å². The summed E-state index contributed by atoms with van der Waals surface area (Å²) in [7, 11) is 0. The smallest absolute Gasteiger partial charge is 0.255 e. The molecule has 0 heterocycles. The third kappa shape index (κ3) is 3.65. The standard InChI is InChI=1S/C15H13FN2O2/c1-10(19)17-13-7-5-11(6-8-13)15(20)18-14-4-2-3-12(16)9-14/h2-9H,1H3,(H,17,19)(H,18,20). The van der Waals surface area contributed by atoms with Crippen molar-refractivity contribution in [1.29, 1.82) is 0 Å². The fraction of sp³-hybridized carbons (Fsp3) is 0.0667. The van der Waals surface area contributed by atoms with Gasteiger partial charge >= 0.3 is 0 Å². The molecule has 2 aromatic rings. The van der Waals surface area contributed by atoms with Crippen LogP contribution in [0.2, 0.25) is 0 Å². The second-order valence-electron chi connectivity index (χ2n) is 4.22. The van der Waals surface area contributed by atoms with Crippen molar-refractivity contribution in [3.05, 3.63) is 59.9 Å². The molecule has 0 unspecified atom stereocenters. The van der Waals surface area contributed by atoms with E-state index >= 15 is 0 Å². The summed E-state index contributed by atoms with van der Waals surface area (Å²) in [6, 6.07) is 12.1. The van der Waals surface area contributed by atoms with Gasteiger partial charge in [0.05, 0.1) is 0 Å². The van der Waals surface area contributed by atoms with Crippen LogP contribution >= 0.6 is 0 Å². The van der Waals surface area contributed by atoms with Gasteiger partial charge in [0.2, 0.25) is 5.91 Å². The highest BCUT2D eigenvalue weighted by Gasteiger charge is 2.06. The number of nitrogens with one attached hydrogen (secondary N) is 2. The second-order valence-corrected chi connectivity index (χ2v) is 4.22. The van der Waals surface area contributed by atoms with Gasteiger partial charge in [-0.1, -0.05) is 6.07 Å². The molecule has 0 aliphatic carbocycles. The number of halogens is 1. The lowest BCUT2D eigenvalue weighted by Gasteiger charge is -2.06. The number of carbonyl (C=O) groups is 2. The molecule has 2 rings (SSSR count). The van der Waals surface area contributed by atoms with E-state index in [1.54, 1.807) is 30.3 Å². The minimum absolute atomic E-state index is 0.179. The predicted molar refractivity (Wildman–Crippen MR) is 75.1 cm³/mol. The lowest BCUT2D eigenvalue weighted by Crippen LogP contribution is -2.12. The molecule has 0 saturated heterocycles. The molecule has 0 aliphatic heterocycles. The van der Waals surface area contributed by atoms with Crippen molar-refractivity contribution in [3.8, 4) is 0 Å². The van der Waals surface area contributed by atoms with Crippen molar-refractivity contribution >= 4 is 23.2 Å². The minimum Gasteiger partial charge on any atom is -0.326 e. The maximum Gasteiger partial charge on any atom is 0.255 e. The molecule has 0 bridgehead atoms. The molecule has 2 amide bonds. The van der Waals surface area contributed by atoms with E-state index in [9.17, 15) is 14.0 Å². The van der Waals surface area contributed by atoms with Crippen molar-refractivity contribution in [2.24, 2.45) is 0 Å². The molecule has 2 N–H and O–H groups in total. The summed E-state index contributed by atoms with van der Waals surface area (Å²) in [6.07, 6.45) is 0. The summed E-state index contributed by atoms with van der Waals surface area (Å²) in [4.78, 5) is 22.8. The minimum atomic E-state index is -0.413. The third-order valence-electron chi connectivity index (χ3n) is 2.55. The van der Waals surface area contributed by atoms with Gasteiger partial charge in [-0.3, -0.25) is 9.59 Å². The Hall–Kier alpha value is -2.69. The van der Waals surface area contributed by atoms with Crippen LogP contribution in [0.25, 0.3) is 0 Å². The Morgan fingerprint density at radius 3 is 2.25 bits per heavy atom. The highest BCUT2D eigenvalue weighted by Crippen LogP contribution is 2.13. The van der Waals surface area contributed by atoms with Crippen molar-refractivity contribution < 1.29 is 14.0 Å². The third-order valence-corrected chi connectivity index (χ3v) is 2.55. The molecule has 0 atom stereocenters. The van der Waals surface area contributed by atoms with Crippen LogP contribution in [0.3, 0.4) is 0 Å². The van der Waals surface area contributed by atoms with Gasteiger partial charge in [-0.2, -0.15) is 0 Å².